The molecule has 0 rings (SSSR count). The van der Waals surface area contributed by atoms with Crippen molar-refractivity contribution < 1.29 is 9.59 Å². The molecule has 0 bridgehead atoms. The highest BCUT2D eigenvalue weighted by atomic mass is 16.2. The summed E-state index contributed by atoms with van der Waals surface area (Å²) in [6.07, 6.45) is 0. The van der Waals surface area contributed by atoms with Crippen molar-refractivity contribution in [3.05, 3.63) is 0 Å². The van der Waals surface area contributed by atoms with Gasteiger partial charge in [-0.25, -0.2) is 4.79 Å². The number of hydrogen-bond acceptors (Lipinski definition) is 2. The molecule has 3 amide bonds. The van der Waals surface area contributed by atoms with E-state index in [4.69, 9.17) is 5.73 Å². The maximum Gasteiger partial charge on any atom is 0.318 e. The van der Waals surface area contributed by atoms with Crippen molar-refractivity contribution >= 4 is 11.9 Å². The zero-order valence-corrected chi connectivity index (χ0v) is 9.87. The molecule has 2 N–H and O–H groups in total. The summed E-state index contributed by atoms with van der Waals surface area (Å²) < 4.78 is 0. The van der Waals surface area contributed by atoms with Gasteiger partial charge in [-0.1, -0.05) is 13.8 Å². The molecular formula is C9H21N3O2. The van der Waals surface area contributed by atoms with Crippen LogP contribution in [0.1, 0.15) is 13.8 Å². The highest BCUT2D eigenvalue weighted by Gasteiger charge is 2.02. The van der Waals surface area contributed by atoms with Crippen molar-refractivity contribution in [2.45, 2.75) is 13.8 Å². The Labute approximate surface area is 85.8 Å². The first-order chi connectivity index (χ1) is 6.20. The number of primary amides is 1. The number of carbonyl (C=O) groups is 2. The van der Waals surface area contributed by atoms with E-state index >= 15 is 0 Å². The molecule has 0 saturated carbocycles. The summed E-state index contributed by atoms with van der Waals surface area (Å²) in [5.41, 5.74) is 4.80. The van der Waals surface area contributed by atoms with Crippen LogP contribution >= 0.6 is 0 Å². The molecule has 0 unspecified atom stereocenters. The largest absolute Gasteiger partial charge is 0.369 e. The summed E-state index contributed by atoms with van der Waals surface area (Å²) in [5, 5.41) is 0. The van der Waals surface area contributed by atoms with Gasteiger partial charge in [-0.2, -0.15) is 0 Å². The summed E-state index contributed by atoms with van der Waals surface area (Å²) in [6.45, 7) is 3.53. The lowest BCUT2D eigenvalue weighted by Gasteiger charge is -2.16. The number of carbonyl (C=O) groups excluding carboxylic acids is 2. The minimum atomic E-state index is -0.241. The monoisotopic (exact) mass is 203 g/mol. The number of hydrogen-bond donors (Lipinski definition) is 1. The van der Waals surface area contributed by atoms with E-state index in [0.717, 1.165) is 0 Å². The van der Waals surface area contributed by atoms with Crippen LogP contribution in [-0.4, -0.2) is 49.9 Å². The topological polar surface area (TPSA) is 66.6 Å². The van der Waals surface area contributed by atoms with Crippen LogP contribution in [0.25, 0.3) is 0 Å². The van der Waals surface area contributed by atoms with Crippen LogP contribution < -0.4 is 5.73 Å². The maximum absolute atomic E-state index is 10.7. The summed E-state index contributed by atoms with van der Waals surface area (Å²) in [6, 6.07) is 0.0185. The Kier molecular flexibility index (Phi) is 7.80. The van der Waals surface area contributed by atoms with Crippen LogP contribution in [-0.2, 0) is 4.79 Å². The summed E-state index contributed by atoms with van der Waals surface area (Å²) in [5.74, 6) is -0.250. The summed E-state index contributed by atoms with van der Waals surface area (Å²) >= 11 is 0. The molecule has 0 aliphatic carbocycles. The van der Waals surface area contributed by atoms with Crippen molar-refractivity contribution in [3.63, 3.8) is 0 Å². The molecule has 5 nitrogen and oxygen atoms in total. The molecule has 0 aromatic carbocycles. The SMILES string of the molecule is CC(C)C(N)=O.CN(C)C(=O)N(C)C. The third kappa shape index (κ3) is 8.83. The minimum Gasteiger partial charge on any atom is -0.369 e. The highest BCUT2D eigenvalue weighted by molar-refractivity contribution is 5.75. The predicted molar refractivity (Wildman–Crippen MR) is 56.8 cm³/mol. The predicted octanol–water partition coefficient (Wildman–Crippen LogP) is 0.357. The van der Waals surface area contributed by atoms with E-state index in [1.807, 2.05) is 0 Å². The average molecular weight is 203 g/mol. The van der Waals surface area contributed by atoms with Gasteiger partial charge >= 0.3 is 6.03 Å². The third-order valence-electron chi connectivity index (χ3n) is 1.33. The number of nitrogens with two attached hydrogens (primary N) is 1. The van der Waals surface area contributed by atoms with E-state index < -0.39 is 0 Å². The molecule has 0 aromatic heterocycles. The van der Waals surface area contributed by atoms with E-state index in [-0.39, 0.29) is 17.9 Å². The number of amides is 3. The fourth-order valence-corrected chi connectivity index (χ4v) is 0.400. The Bertz CT molecular complexity index is 178. The van der Waals surface area contributed by atoms with E-state index in [9.17, 15) is 9.59 Å². The van der Waals surface area contributed by atoms with Gasteiger partial charge in [0.2, 0.25) is 5.91 Å². The fraction of sp³-hybridized carbons (Fsp3) is 0.778. The minimum absolute atomic E-state index is 0.00926. The molecule has 5 heteroatoms. The van der Waals surface area contributed by atoms with Gasteiger partial charge in [0, 0.05) is 34.1 Å². The van der Waals surface area contributed by atoms with E-state index in [1.54, 1.807) is 42.0 Å². The summed E-state index contributed by atoms with van der Waals surface area (Å²) in [4.78, 5) is 23.7. The Morgan fingerprint density at radius 2 is 1.21 bits per heavy atom. The van der Waals surface area contributed by atoms with Gasteiger partial charge < -0.3 is 15.5 Å². The van der Waals surface area contributed by atoms with Gasteiger partial charge in [0.15, 0.2) is 0 Å². The zero-order valence-electron chi connectivity index (χ0n) is 9.87. The lowest BCUT2D eigenvalue weighted by Crippen LogP contribution is -2.33. The third-order valence-corrected chi connectivity index (χ3v) is 1.33. The van der Waals surface area contributed by atoms with Gasteiger partial charge in [-0.3, -0.25) is 4.79 Å². The van der Waals surface area contributed by atoms with Crippen LogP contribution in [0, 0.1) is 5.92 Å². The van der Waals surface area contributed by atoms with Gasteiger partial charge in [0.25, 0.3) is 0 Å². The first kappa shape index (κ1) is 15.2. The van der Waals surface area contributed by atoms with Gasteiger partial charge in [0.05, 0.1) is 0 Å². The normalized spacial score (nSPS) is 8.79. The molecule has 0 fully saturated rings. The van der Waals surface area contributed by atoms with Crippen molar-refractivity contribution in [2.24, 2.45) is 11.7 Å². The molecule has 0 saturated heterocycles. The van der Waals surface area contributed by atoms with Crippen LogP contribution in [0.15, 0.2) is 0 Å². The lowest BCUT2D eigenvalue weighted by molar-refractivity contribution is -0.120. The van der Waals surface area contributed by atoms with Crippen molar-refractivity contribution in [2.75, 3.05) is 28.2 Å². The van der Waals surface area contributed by atoms with Crippen LogP contribution in [0.5, 0.6) is 0 Å². The van der Waals surface area contributed by atoms with E-state index in [1.165, 1.54) is 9.80 Å². The number of rotatable bonds is 1. The Hall–Kier alpha value is -1.26. The second-order valence-corrected chi connectivity index (χ2v) is 3.63. The Morgan fingerprint density at radius 1 is 1.00 bits per heavy atom. The molecular weight excluding hydrogens is 182 g/mol. The van der Waals surface area contributed by atoms with Crippen LogP contribution in [0.3, 0.4) is 0 Å². The standard InChI is InChI=1S/C5H12N2O.C4H9NO/c1-6(2)5(8)7(3)4;1-3(2)4(5)6/h1-4H3;3H,1-2H3,(H2,5,6). The second kappa shape index (κ2) is 7.17. The van der Waals surface area contributed by atoms with Gasteiger partial charge in [-0.05, 0) is 0 Å². The molecule has 84 valence electrons. The van der Waals surface area contributed by atoms with E-state index in [2.05, 4.69) is 0 Å². The number of nitrogens with zero attached hydrogens (tertiary/aromatic N) is 2. The second-order valence-electron chi connectivity index (χ2n) is 3.63. The van der Waals surface area contributed by atoms with Gasteiger partial charge in [-0.15, -0.1) is 0 Å². The molecule has 0 spiro atoms. The fourth-order valence-electron chi connectivity index (χ4n) is 0.400. The van der Waals surface area contributed by atoms with Gasteiger partial charge in [0.1, 0.15) is 0 Å². The number of urea groups is 1. The lowest BCUT2D eigenvalue weighted by atomic mass is 10.2. The van der Waals surface area contributed by atoms with E-state index in [0.29, 0.717) is 0 Å². The van der Waals surface area contributed by atoms with Crippen molar-refractivity contribution in [1.29, 1.82) is 0 Å². The molecule has 0 radical (unpaired) electrons. The maximum atomic E-state index is 10.7. The van der Waals surface area contributed by atoms with Crippen molar-refractivity contribution in [3.8, 4) is 0 Å². The smallest absolute Gasteiger partial charge is 0.318 e. The molecule has 0 aliphatic heterocycles. The first-order valence-electron chi connectivity index (χ1n) is 4.38. The summed E-state index contributed by atoms with van der Waals surface area (Å²) in [7, 11) is 6.90. The van der Waals surface area contributed by atoms with Crippen LogP contribution in [0.4, 0.5) is 4.79 Å². The first-order valence-corrected chi connectivity index (χ1v) is 4.38. The quantitative estimate of drug-likeness (QED) is 0.668. The average Bonchev–Trinajstić information content (AvgIpc) is 2.03. The van der Waals surface area contributed by atoms with Crippen molar-refractivity contribution in [1.82, 2.24) is 9.80 Å². The molecule has 0 heterocycles. The highest BCUT2D eigenvalue weighted by Crippen LogP contribution is 1.84. The molecule has 0 aromatic rings. The molecule has 14 heavy (non-hydrogen) atoms. The van der Waals surface area contributed by atoms with Crippen LogP contribution in [0.2, 0.25) is 0 Å². The molecule has 0 atom stereocenters. The molecule has 0 aliphatic rings. The Balaban J connectivity index is 0. The Morgan fingerprint density at radius 3 is 1.21 bits per heavy atom. The zero-order chi connectivity index (χ0) is 11.9.